The van der Waals surface area contributed by atoms with Crippen molar-refractivity contribution >= 4 is 29.0 Å². The van der Waals surface area contributed by atoms with E-state index in [1.807, 2.05) is 86.6 Å². The predicted octanol–water partition coefficient (Wildman–Crippen LogP) is 6.32. The van der Waals surface area contributed by atoms with Gasteiger partial charge in [0.05, 0.1) is 0 Å². The van der Waals surface area contributed by atoms with Crippen LogP contribution in [0.1, 0.15) is 11.1 Å². The van der Waals surface area contributed by atoms with Gasteiger partial charge in [0.25, 0.3) is 17.2 Å². The summed E-state index contributed by atoms with van der Waals surface area (Å²) in [7, 11) is 0. The van der Waals surface area contributed by atoms with E-state index in [4.69, 9.17) is 4.74 Å². The number of carbonyl (C=O) groups excluding carboxylic acids is 1. The van der Waals surface area contributed by atoms with Crippen molar-refractivity contribution in [1.29, 1.82) is 0 Å². The minimum atomic E-state index is -0.414. The maximum atomic E-state index is 11.4. The predicted molar refractivity (Wildman–Crippen MR) is 114 cm³/mol. The molecule has 0 unspecified atom stereocenters. The molecule has 0 amide bonds. The Bertz CT molecular complexity index is 848. The van der Waals surface area contributed by atoms with Crippen LogP contribution in [0.3, 0.4) is 0 Å². The van der Waals surface area contributed by atoms with Gasteiger partial charge in [-0.2, -0.15) is 0 Å². The first kappa shape index (κ1) is 19.2. The Balaban J connectivity index is 2.02. The summed E-state index contributed by atoms with van der Waals surface area (Å²) in [5.74, 6) is 3.21. The lowest BCUT2D eigenvalue weighted by atomic mass is 10.1. The molecule has 5 heteroatoms. The number of halogens is 1. The van der Waals surface area contributed by atoms with Crippen molar-refractivity contribution in [2.75, 3.05) is 6.61 Å². The van der Waals surface area contributed by atoms with Gasteiger partial charge in [-0.15, -0.1) is 0 Å². The zero-order valence-electron chi connectivity index (χ0n) is 15.1. The van der Waals surface area contributed by atoms with Crippen molar-refractivity contribution in [2.24, 2.45) is 0 Å². The highest BCUT2D eigenvalue weighted by Gasteiger charge is 2.22. The van der Waals surface area contributed by atoms with Gasteiger partial charge in [0.2, 0.25) is 0 Å². The topological polar surface area (TPSA) is 38.2 Å². The van der Waals surface area contributed by atoms with Gasteiger partial charge < -0.3 is 12.2 Å². The van der Waals surface area contributed by atoms with Gasteiger partial charge in [0.1, 0.15) is 5.75 Å². The van der Waals surface area contributed by atoms with Crippen LogP contribution in [0.25, 0.3) is 0 Å². The maximum Gasteiger partial charge on any atom is 0.353 e. The lowest BCUT2D eigenvalue weighted by Crippen LogP contribution is -2.12. The molecule has 0 radical (unpaired) electrons. The molecule has 0 fully saturated rings. The Morgan fingerprint density at radius 2 is 1.33 bits per heavy atom. The van der Waals surface area contributed by atoms with Crippen LogP contribution in [0.4, 0.5) is 0 Å². The number of benzene rings is 3. The highest BCUT2D eigenvalue weighted by atomic mass is 127. The number of carbonyl (C=O) groups is 1. The second kappa shape index (κ2) is 8.90. The minimum absolute atomic E-state index is 0.113. The fourth-order valence-corrected chi connectivity index (χ4v) is 3.06. The molecule has 4 nitrogen and oxygen atoms in total. The molecule has 3 aromatic rings. The van der Waals surface area contributed by atoms with Crippen molar-refractivity contribution < 1.29 is 17.0 Å². The summed E-state index contributed by atoms with van der Waals surface area (Å²) < 4.78 is 13.5. The van der Waals surface area contributed by atoms with Crippen LogP contribution in [-0.4, -0.2) is 12.6 Å². The molecular weight excluding hydrogens is 455 g/mol. The highest BCUT2D eigenvalue weighted by molar-refractivity contribution is 14.1. The van der Waals surface area contributed by atoms with E-state index in [1.165, 1.54) is 0 Å². The zero-order chi connectivity index (χ0) is 19.2. The summed E-state index contributed by atoms with van der Waals surface area (Å²) in [6.45, 7) is 3.82. The molecule has 0 saturated heterocycles. The van der Waals surface area contributed by atoms with Crippen LogP contribution >= 0.6 is 23.0 Å². The average Bonchev–Trinajstić information content (AvgIpc) is 2.69. The Morgan fingerprint density at radius 1 is 0.852 bits per heavy atom. The highest BCUT2D eigenvalue weighted by Crippen LogP contribution is 2.41. The van der Waals surface area contributed by atoms with Gasteiger partial charge in [0, 0.05) is 47.5 Å². The Kier molecular flexibility index (Phi) is 6.34. The molecule has 0 N–H and O–H groups in total. The molecule has 0 aromatic heterocycles. The van der Waals surface area contributed by atoms with Gasteiger partial charge >= 0.3 is 5.97 Å². The van der Waals surface area contributed by atoms with Crippen molar-refractivity contribution in [3.05, 3.63) is 83.9 Å². The summed E-state index contributed by atoms with van der Waals surface area (Å²) >= 11 is 1.56. The van der Waals surface area contributed by atoms with Crippen molar-refractivity contribution in [3.8, 4) is 23.0 Å². The third-order valence-electron chi connectivity index (χ3n) is 4.05. The first-order valence-electron chi connectivity index (χ1n) is 8.50. The molecule has 0 aliphatic heterocycles. The molecule has 0 saturated carbocycles. The normalized spacial score (nSPS) is 10.3. The van der Waals surface area contributed by atoms with Crippen LogP contribution in [0.15, 0.2) is 72.8 Å². The van der Waals surface area contributed by atoms with Gasteiger partial charge in [-0.05, 0) is 13.8 Å². The number of hydrogen-bond acceptors (Lipinski definition) is 3. The van der Waals surface area contributed by atoms with Crippen LogP contribution in [0, 0.1) is 13.8 Å². The summed E-state index contributed by atoms with van der Waals surface area (Å²) in [5.41, 5.74) is 1.88. The van der Waals surface area contributed by atoms with Crippen LogP contribution in [0.5, 0.6) is 23.0 Å². The van der Waals surface area contributed by atoms with Crippen molar-refractivity contribution in [1.82, 2.24) is 0 Å². The lowest BCUT2D eigenvalue weighted by Gasteiger charge is -2.23. The third-order valence-corrected chi connectivity index (χ3v) is 4.54. The number of ether oxygens (including phenoxy) is 1. The number of hydrogen-bond donors (Lipinski definition) is 0. The second-order valence-corrected chi connectivity index (χ2v) is 6.50. The van der Waals surface area contributed by atoms with Crippen LogP contribution in [0.2, 0.25) is 0 Å². The van der Waals surface area contributed by atoms with E-state index in [9.17, 15) is 4.79 Å². The average molecular weight is 475 g/mol. The Morgan fingerprint density at radius 3 is 1.78 bits per heavy atom. The summed E-state index contributed by atoms with van der Waals surface area (Å²) in [6, 6.07) is 24.2. The van der Waals surface area contributed by atoms with Gasteiger partial charge in [-0.1, -0.05) is 36.4 Å². The van der Waals surface area contributed by atoms with Crippen LogP contribution < -0.4 is 9.10 Å². The number of aryl methyl sites for hydroxylation is 2. The first-order valence-corrected chi connectivity index (χ1v) is 9.38. The monoisotopic (exact) mass is 475 g/mol. The lowest BCUT2D eigenvalue weighted by molar-refractivity contribution is -0.133. The van der Waals surface area contributed by atoms with E-state index in [2.05, 4.69) is 7.43 Å². The summed E-state index contributed by atoms with van der Waals surface area (Å²) in [4.78, 5) is 11.4. The fraction of sp³-hybridized carbons (Fsp3) is 0.136. The minimum Gasteiger partial charge on any atom is -0.499 e. The van der Waals surface area contributed by atoms with Gasteiger partial charge in [-0.25, -0.2) is 4.79 Å². The molecule has 27 heavy (non-hydrogen) atoms. The molecule has 0 atom stereocenters. The van der Waals surface area contributed by atoms with E-state index in [1.54, 1.807) is 23.0 Å². The van der Waals surface area contributed by atoms with E-state index in [0.29, 0.717) is 5.75 Å². The standard InChI is InChI=1S/C22H20IO4/c1-16-13-20(14-17(2)22(16)25-15-21(24)26-23)27(18-9-5-3-6-10-18)19-11-7-4-8-12-19/h3-14H,15H2,1-2H3/q+1. The summed E-state index contributed by atoms with van der Waals surface area (Å²) in [5, 5.41) is 0. The molecular formula is C22H20IO4+. The quantitative estimate of drug-likeness (QED) is 0.310. The van der Waals surface area contributed by atoms with Gasteiger partial charge in [0.15, 0.2) is 29.6 Å². The van der Waals surface area contributed by atoms with Crippen LogP contribution in [-0.2, 0) is 7.86 Å². The van der Waals surface area contributed by atoms with E-state index in [-0.39, 0.29) is 6.61 Å². The van der Waals surface area contributed by atoms with Gasteiger partial charge in [-0.3, -0.25) is 0 Å². The van der Waals surface area contributed by atoms with E-state index < -0.39 is 5.97 Å². The molecule has 138 valence electrons. The maximum absolute atomic E-state index is 11.4. The van der Waals surface area contributed by atoms with E-state index in [0.717, 1.165) is 28.4 Å². The zero-order valence-corrected chi connectivity index (χ0v) is 17.3. The Hall–Kier alpha value is -2.54. The first-order chi connectivity index (χ1) is 13.1. The SMILES string of the molecule is Cc1cc([O+](c2ccccc2)c2ccccc2)cc(C)c1OCC(=O)OI. The Labute approximate surface area is 173 Å². The molecule has 3 aromatic carbocycles. The second-order valence-electron chi connectivity index (χ2n) is 6.06. The molecule has 0 aliphatic rings. The van der Waals surface area contributed by atoms with Crippen molar-refractivity contribution in [2.45, 2.75) is 13.8 Å². The molecule has 3 rings (SSSR count). The third kappa shape index (κ3) is 4.60. The largest absolute Gasteiger partial charge is 0.499 e. The molecule has 0 heterocycles. The van der Waals surface area contributed by atoms with E-state index >= 15 is 0 Å². The summed E-state index contributed by atoms with van der Waals surface area (Å²) in [6.07, 6.45) is 0. The molecule has 0 bridgehead atoms. The van der Waals surface area contributed by atoms with Crippen molar-refractivity contribution in [3.63, 3.8) is 0 Å². The number of para-hydroxylation sites is 2. The smallest absolute Gasteiger partial charge is 0.353 e. The molecule has 0 aliphatic carbocycles. The fourth-order valence-electron chi connectivity index (χ4n) is 2.93. The number of rotatable bonds is 6. The molecule has 0 spiro atoms.